The van der Waals surface area contributed by atoms with E-state index in [1.807, 2.05) is 26.0 Å². The highest BCUT2D eigenvalue weighted by Crippen LogP contribution is 2.40. The Morgan fingerprint density at radius 2 is 1.69 bits per heavy atom. The molecule has 0 atom stereocenters. The van der Waals surface area contributed by atoms with E-state index in [1.54, 1.807) is 45.1 Å². The molecule has 252 valence electrons. The Morgan fingerprint density at radius 1 is 0.958 bits per heavy atom. The number of ether oxygens (including phenoxy) is 1. The maximum Gasteiger partial charge on any atom is 0.229 e. The van der Waals surface area contributed by atoms with Gasteiger partial charge < -0.3 is 29.7 Å². The Kier molecular flexibility index (Phi) is 10.3. The minimum absolute atomic E-state index is 0.441. The normalized spacial score (nSPS) is 16.6. The molecule has 2 fully saturated rings. The smallest absolute Gasteiger partial charge is 0.229 e. The first-order valence-electron chi connectivity index (χ1n) is 16.9. The lowest BCUT2D eigenvalue weighted by Crippen LogP contribution is -2.52. The van der Waals surface area contributed by atoms with Gasteiger partial charge in [0.05, 0.1) is 18.5 Å². The summed E-state index contributed by atoms with van der Waals surface area (Å²) in [5.74, 6) is 2.41. The standard InChI is InChI=1S/C35H47BN9O2P/c1-6-24-20-29(31(47-3)22-30(24)45-14-10-26(11-15-45)44-18-16-43(2)17-19-44)41-35-39-23-27(36)34(42-35)40-28-9-8-25(21-32(28)48(4,5)46)33-37-12-7-13-38-33/h7-9,12-13,20-23,26H,6,10-11,14-19,36H2,1-5H3,(H2,39,40,41,42). The van der Waals surface area contributed by atoms with Crippen LogP contribution >= 0.6 is 7.14 Å². The molecule has 4 aromatic rings. The van der Waals surface area contributed by atoms with E-state index in [-0.39, 0.29) is 0 Å². The van der Waals surface area contributed by atoms with Gasteiger partial charge in [0.1, 0.15) is 26.6 Å². The monoisotopic (exact) mass is 667 g/mol. The van der Waals surface area contributed by atoms with Crippen LogP contribution in [0.15, 0.2) is 55.0 Å². The second-order valence-corrected chi connectivity index (χ2v) is 16.4. The van der Waals surface area contributed by atoms with Gasteiger partial charge in [-0.25, -0.2) is 15.0 Å². The van der Waals surface area contributed by atoms with Crippen LogP contribution in [-0.4, -0.2) is 110 Å². The molecule has 0 bridgehead atoms. The van der Waals surface area contributed by atoms with Crippen molar-refractivity contribution in [2.75, 3.05) is 82.3 Å². The van der Waals surface area contributed by atoms with Gasteiger partial charge in [-0.1, -0.05) is 6.92 Å². The number of nitrogens with one attached hydrogen (secondary N) is 2. The fourth-order valence-electron chi connectivity index (χ4n) is 6.66. The van der Waals surface area contributed by atoms with Crippen LogP contribution in [0.1, 0.15) is 25.3 Å². The van der Waals surface area contributed by atoms with E-state index in [9.17, 15) is 4.57 Å². The maximum atomic E-state index is 13.4. The van der Waals surface area contributed by atoms with Crippen molar-refractivity contribution in [1.82, 2.24) is 29.7 Å². The highest BCUT2D eigenvalue weighted by Gasteiger charge is 2.28. The van der Waals surface area contributed by atoms with Crippen molar-refractivity contribution in [3.05, 3.63) is 60.6 Å². The van der Waals surface area contributed by atoms with Crippen LogP contribution in [0.25, 0.3) is 11.4 Å². The Hall–Kier alpha value is -3.99. The van der Waals surface area contributed by atoms with Crippen molar-refractivity contribution in [2.24, 2.45) is 0 Å². The van der Waals surface area contributed by atoms with Gasteiger partial charge in [0.2, 0.25) is 5.95 Å². The number of piperidine rings is 1. The van der Waals surface area contributed by atoms with Crippen LogP contribution in [0.2, 0.25) is 0 Å². The fraction of sp³-hybridized carbons (Fsp3) is 0.429. The third-order valence-corrected chi connectivity index (χ3v) is 11.0. The van der Waals surface area contributed by atoms with E-state index in [0.717, 1.165) is 60.8 Å². The lowest BCUT2D eigenvalue weighted by molar-refractivity contribution is 0.0982. The number of aromatic nitrogens is 4. The SMILES string of the molecule is Bc1cnc(Nc2cc(CC)c(N3CCC(N4CCN(C)CC4)CC3)cc2OC)nc1Nc1ccc(-c2ncccn2)cc1P(C)(C)=O. The lowest BCUT2D eigenvalue weighted by Gasteiger charge is -2.43. The Labute approximate surface area is 285 Å². The number of aryl methyl sites for hydroxylation is 1. The summed E-state index contributed by atoms with van der Waals surface area (Å²) in [6.45, 7) is 12.5. The number of rotatable bonds is 10. The molecule has 2 aromatic carbocycles. The number of hydrogen-bond donors (Lipinski definition) is 2. The van der Waals surface area contributed by atoms with Crippen LogP contribution in [0, 0.1) is 0 Å². The number of piperazine rings is 1. The van der Waals surface area contributed by atoms with Crippen LogP contribution in [-0.2, 0) is 11.0 Å². The Morgan fingerprint density at radius 3 is 2.35 bits per heavy atom. The molecule has 0 aliphatic carbocycles. The van der Waals surface area contributed by atoms with Crippen LogP contribution < -0.4 is 31.0 Å². The molecule has 4 heterocycles. The van der Waals surface area contributed by atoms with E-state index in [0.29, 0.717) is 28.9 Å². The molecule has 11 nitrogen and oxygen atoms in total. The Bertz CT molecular complexity index is 1770. The first kappa shape index (κ1) is 33.9. The number of methoxy groups -OCH3 is 1. The van der Waals surface area contributed by atoms with Crippen molar-refractivity contribution in [3.8, 4) is 17.1 Å². The molecule has 2 saturated heterocycles. The van der Waals surface area contributed by atoms with Crippen molar-refractivity contribution in [1.29, 1.82) is 0 Å². The van der Waals surface area contributed by atoms with Crippen LogP contribution in [0.5, 0.6) is 5.75 Å². The molecule has 0 spiro atoms. The lowest BCUT2D eigenvalue weighted by atomic mass is 9.99. The van der Waals surface area contributed by atoms with Gasteiger partial charge in [-0.15, -0.1) is 0 Å². The molecule has 0 radical (unpaired) electrons. The first-order chi connectivity index (χ1) is 23.1. The fourth-order valence-corrected chi connectivity index (χ4v) is 7.82. The summed E-state index contributed by atoms with van der Waals surface area (Å²) in [5.41, 5.74) is 5.71. The molecule has 0 amide bonds. The summed E-state index contributed by atoms with van der Waals surface area (Å²) in [4.78, 5) is 25.8. The highest BCUT2D eigenvalue weighted by atomic mass is 31.2. The molecule has 2 aliphatic heterocycles. The van der Waals surface area contributed by atoms with Crippen LogP contribution in [0.4, 0.5) is 28.8 Å². The predicted molar refractivity (Wildman–Crippen MR) is 200 cm³/mol. The topological polar surface area (TPSA) is 112 Å². The van der Waals surface area contributed by atoms with E-state index in [4.69, 9.17) is 9.72 Å². The molecule has 0 unspecified atom stereocenters. The zero-order valence-corrected chi connectivity index (χ0v) is 29.9. The van der Waals surface area contributed by atoms with Gasteiger partial charge in [0.15, 0.2) is 5.82 Å². The third-order valence-electron chi connectivity index (χ3n) is 9.51. The van der Waals surface area contributed by atoms with Gasteiger partial charge in [-0.2, -0.15) is 4.98 Å². The van der Waals surface area contributed by atoms with E-state index in [1.165, 1.54) is 37.2 Å². The maximum absolute atomic E-state index is 13.4. The summed E-state index contributed by atoms with van der Waals surface area (Å²) in [7, 11) is 3.20. The van der Waals surface area contributed by atoms with Gasteiger partial charge in [0.25, 0.3) is 0 Å². The van der Waals surface area contributed by atoms with E-state index in [2.05, 4.69) is 66.4 Å². The number of hydrogen-bond acceptors (Lipinski definition) is 11. The van der Waals surface area contributed by atoms with E-state index < -0.39 is 7.14 Å². The van der Waals surface area contributed by atoms with Gasteiger partial charge >= 0.3 is 0 Å². The second-order valence-electron chi connectivity index (χ2n) is 13.2. The summed E-state index contributed by atoms with van der Waals surface area (Å²) in [5, 5.41) is 7.57. The number of benzene rings is 2. The molecule has 13 heteroatoms. The van der Waals surface area contributed by atoms with Crippen LogP contribution in [0.3, 0.4) is 0 Å². The molecule has 2 N–H and O–H groups in total. The average Bonchev–Trinajstić information content (AvgIpc) is 3.10. The summed E-state index contributed by atoms with van der Waals surface area (Å²) < 4.78 is 19.3. The molecule has 6 rings (SSSR count). The summed E-state index contributed by atoms with van der Waals surface area (Å²) >= 11 is 0. The number of nitrogens with zero attached hydrogens (tertiary/aromatic N) is 7. The molecular weight excluding hydrogens is 620 g/mol. The zero-order chi connectivity index (χ0) is 33.8. The molecule has 2 aromatic heterocycles. The average molecular weight is 668 g/mol. The second kappa shape index (κ2) is 14.6. The first-order valence-corrected chi connectivity index (χ1v) is 19.5. The quantitative estimate of drug-likeness (QED) is 0.191. The summed E-state index contributed by atoms with van der Waals surface area (Å²) in [6.07, 6.45) is 8.45. The number of anilines is 5. The molecule has 48 heavy (non-hydrogen) atoms. The minimum Gasteiger partial charge on any atom is -0.494 e. The van der Waals surface area contributed by atoms with E-state index >= 15 is 0 Å². The zero-order valence-electron chi connectivity index (χ0n) is 29.0. The third kappa shape index (κ3) is 7.67. The molecular formula is C35H47BN9O2P. The minimum atomic E-state index is -2.67. The van der Waals surface area contributed by atoms with Crippen molar-refractivity contribution >= 4 is 54.6 Å². The molecule has 2 aliphatic rings. The van der Waals surface area contributed by atoms with Gasteiger partial charge in [-0.05, 0) is 81.0 Å². The van der Waals surface area contributed by atoms with Gasteiger partial charge in [-0.3, -0.25) is 4.90 Å². The Balaban J connectivity index is 1.21. The highest BCUT2D eigenvalue weighted by molar-refractivity contribution is 7.70. The number of likely N-dealkylation sites (N-methyl/N-ethyl adjacent to an activating group) is 1. The molecule has 0 saturated carbocycles. The van der Waals surface area contributed by atoms with Crippen molar-refractivity contribution in [3.63, 3.8) is 0 Å². The van der Waals surface area contributed by atoms with Gasteiger partial charge in [0, 0.05) is 86.5 Å². The summed E-state index contributed by atoms with van der Waals surface area (Å²) in [6, 6.07) is 12.5. The predicted octanol–water partition coefficient (Wildman–Crippen LogP) is 3.71. The van der Waals surface area contributed by atoms with Crippen molar-refractivity contribution < 1.29 is 9.30 Å². The van der Waals surface area contributed by atoms with Crippen molar-refractivity contribution in [2.45, 2.75) is 32.2 Å². The largest absolute Gasteiger partial charge is 0.494 e.